The number of fused-ring (bicyclic) bond motifs is 1. The van der Waals surface area contributed by atoms with Gasteiger partial charge in [-0.15, -0.1) is 21.6 Å². The van der Waals surface area contributed by atoms with E-state index in [2.05, 4.69) is 57.2 Å². The molecule has 0 fully saturated rings. The molecular formula is C26H22N6OS2. The zero-order chi connectivity index (χ0) is 24.2. The molecule has 2 aromatic carbocycles. The van der Waals surface area contributed by atoms with Gasteiger partial charge in [0.2, 0.25) is 11.0 Å². The number of anilines is 1. The van der Waals surface area contributed by atoms with Crippen molar-refractivity contribution in [1.29, 1.82) is 5.26 Å². The Morgan fingerprint density at radius 3 is 2.51 bits per heavy atom. The van der Waals surface area contributed by atoms with Crippen LogP contribution in [0.15, 0.2) is 81.6 Å². The Kier molecular flexibility index (Phi) is 6.66. The smallest absolute Gasteiger partial charge is 0.231 e. The van der Waals surface area contributed by atoms with Crippen LogP contribution in [0.2, 0.25) is 0 Å². The molecule has 1 aliphatic heterocycles. The second kappa shape index (κ2) is 10.2. The number of thiazole rings is 1. The number of ether oxygens (including phenoxy) is 1. The highest BCUT2D eigenvalue weighted by Gasteiger charge is 2.26. The van der Waals surface area contributed by atoms with Gasteiger partial charge in [0.05, 0.1) is 16.5 Å². The van der Waals surface area contributed by atoms with Crippen LogP contribution >= 0.6 is 22.7 Å². The van der Waals surface area contributed by atoms with Gasteiger partial charge in [0.1, 0.15) is 10.6 Å². The SMILES string of the molecule is CCN(CC)c1ccc(/N=N/c2nc3sc(/C=C4/OC(c5ccccc5)=NC4C#N)cc3s2)cc1. The van der Waals surface area contributed by atoms with Gasteiger partial charge in [-0.1, -0.05) is 29.5 Å². The van der Waals surface area contributed by atoms with Crippen molar-refractivity contribution in [3.05, 3.63) is 76.9 Å². The van der Waals surface area contributed by atoms with Gasteiger partial charge in [-0.3, -0.25) is 0 Å². The molecule has 0 radical (unpaired) electrons. The van der Waals surface area contributed by atoms with Gasteiger partial charge in [0.15, 0.2) is 6.04 Å². The molecule has 5 rings (SSSR count). The quantitative estimate of drug-likeness (QED) is 0.250. The molecule has 3 heterocycles. The Labute approximate surface area is 211 Å². The summed E-state index contributed by atoms with van der Waals surface area (Å²) in [6, 6.07) is 21.2. The minimum absolute atomic E-state index is 0.465. The van der Waals surface area contributed by atoms with Crippen LogP contribution < -0.4 is 4.90 Å². The number of aliphatic imine (C=N–C) groups is 1. The summed E-state index contributed by atoms with van der Waals surface area (Å²) in [5, 5.41) is 18.8. The van der Waals surface area contributed by atoms with Crippen LogP contribution in [0.1, 0.15) is 24.3 Å². The lowest BCUT2D eigenvalue weighted by molar-refractivity contribution is 0.434. The van der Waals surface area contributed by atoms with E-state index in [4.69, 9.17) is 4.74 Å². The number of azo groups is 1. The highest BCUT2D eigenvalue weighted by molar-refractivity contribution is 7.29. The first-order valence-corrected chi connectivity index (χ1v) is 12.9. The highest BCUT2D eigenvalue weighted by Crippen LogP contribution is 2.36. The molecule has 0 amide bonds. The van der Waals surface area contributed by atoms with Crippen LogP contribution in [-0.2, 0) is 4.74 Å². The standard InChI is InChI=1S/C26H22N6OS2/c1-3-32(4-2)19-12-10-18(11-13-19)30-31-26-29-25-23(35-26)15-20(34-25)14-22-21(16-27)28-24(33-22)17-8-6-5-7-9-17/h5-15,21H,3-4H2,1-2H3/b22-14+,31-30+. The third-order valence-corrected chi connectivity index (χ3v) is 7.48. The fourth-order valence-corrected chi connectivity index (χ4v) is 5.69. The molecule has 1 aliphatic rings. The van der Waals surface area contributed by atoms with Crippen molar-refractivity contribution in [2.24, 2.45) is 15.2 Å². The van der Waals surface area contributed by atoms with E-state index in [1.54, 1.807) is 0 Å². The Morgan fingerprint density at radius 2 is 1.83 bits per heavy atom. The first-order valence-electron chi connectivity index (χ1n) is 11.3. The third-order valence-electron chi connectivity index (χ3n) is 5.48. The van der Waals surface area contributed by atoms with Crippen LogP contribution in [0.25, 0.3) is 15.6 Å². The second-order valence-electron chi connectivity index (χ2n) is 7.68. The Morgan fingerprint density at radius 1 is 1.06 bits per heavy atom. The molecule has 0 bridgehead atoms. The average molecular weight is 499 g/mol. The number of nitrogens with zero attached hydrogens (tertiary/aromatic N) is 6. The van der Waals surface area contributed by atoms with Crippen molar-refractivity contribution in [1.82, 2.24) is 4.98 Å². The summed E-state index contributed by atoms with van der Waals surface area (Å²) in [4.78, 5) is 13.1. The second-order valence-corrected chi connectivity index (χ2v) is 9.76. The molecule has 0 spiro atoms. The fourth-order valence-electron chi connectivity index (χ4n) is 3.70. The van der Waals surface area contributed by atoms with Crippen molar-refractivity contribution in [3.8, 4) is 6.07 Å². The molecule has 0 saturated carbocycles. The van der Waals surface area contributed by atoms with Crippen molar-refractivity contribution in [2.45, 2.75) is 19.9 Å². The summed E-state index contributed by atoms with van der Waals surface area (Å²) in [6.45, 7) is 6.23. The molecule has 2 aromatic heterocycles. The Bertz CT molecular complexity index is 1430. The summed E-state index contributed by atoms with van der Waals surface area (Å²) in [7, 11) is 0. The van der Waals surface area contributed by atoms with Crippen LogP contribution in [0, 0.1) is 11.3 Å². The number of rotatable bonds is 7. The minimum Gasteiger partial charge on any atom is -0.440 e. The van der Waals surface area contributed by atoms with Crippen molar-refractivity contribution in [3.63, 3.8) is 0 Å². The third kappa shape index (κ3) is 4.99. The molecular weight excluding hydrogens is 476 g/mol. The first-order chi connectivity index (χ1) is 17.2. The number of benzene rings is 2. The van der Waals surface area contributed by atoms with Gasteiger partial charge in [0.25, 0.3) is 0 Å². The van der Waals surface area contributed by atoms with E-state index < -0.39 is 6.04 Å². The van der Waals surface area contributed by atoms with Crippen molar-refractivity contribution >= 4 is 60.7 Å². The van der Waals surface area contributed by atoms with Crippen LogP contribution in [0.4, 0.5) is 16.5 Å². The van der Waals surface area contributed by atoms with E-state index in [0.717, 1.165) is 38.7 Å². The lowest BCUT2D eigenvalue weighted by Gasteiger charge is -2.20. The molecule has 0 aliphatic carbocycles. The van der Waals surface area contributed by atoms with Crippen molar-refractivity contribution in [2.75, 3.05) is 18.0 Å². The van der Waals surface area contributed by atoms with E-state index in [1.807, 2.05) is 54.6 Å². The summed E-state index contributed by atoms with van der Waals surface area (Å²) < 4.78 is 6.93. The number of hydrogen-bond donors (Lipinski definition) is 0. The number of thiophene rings is 1. The van der Waals surface area contributed by atoms with E-state index in [0.29, 0.717) is 16.8 Å². The summed E-state index contributed by atoms with van der Waals surface area (Å²) in [6.07, 6.45) is 1.87. The molecule has 1 unspecified atom stereocenters. The fraction of sp³-hybridized carbons (Fsp3) is 0.192. The van der Waals surface area contributed by atoms with Gasteiger partial charge < -0.3 is 9.64 Å². The lowest BCUT2D eigenvalue weighted by Crippen LogP contribution is -2.21. The van der Waals surface area contributed by atoms with E-state index in [-0.39, 0.29) is 0 Å². The zero-order valence-corrected chi connectivity index (χ0v) is 20.9. The largest absolute Gasteiger partial charge is 0.440 e. The number of aromatic nitrogens is 1. The predicted octanol–water partition coefficient (Wildman–Crippen LogP) is 7.33. The lowest BCUT2D eigenvalue weighted by atomic mass is 10.2. The maximum Gasteiger partial charge on any atom is 0.231 e. The molecule has 7 nitrogen and oxygen atoms in total. The number of nitriles is 1. The summed E-state index contributed by atoms with van der Waals surface area (Å²) in [5.41, 5.74) is 2.82. The van der Waals surface area contributed by atoms with Crippen molar-refractivity contribution < 1.29 is 4.74 Å². The van der Waals surface area contributed by atoms with Gasteiger partial charge in [-0.25, -0.2) is 9.98 Å². The molecule has 0 saturated heterocycles. The van der Waals surface area contributed by atoms with Gasteiger partial charge >= 0.3 is 0 Å². The van der Waals surface area contributed by atoms with E-state index in [9.17, 15) is 5.26 Å². The predicted molar refractivity (Wildman–Crippen MR) is 143 cm³/mol. The van der Waals surface area contributed by atoms with Gasteiger partial charge in [-0.2, -0.15) is 5.26 Å². The normalized spacial score (nSPS) is 16.5. The first kappa shape index (κ1) is 22.9. The minimum atomic E-state index is -0.657. The topological polar surface area (TPSA) is 86.2 Å². The molecule has 4 aromatic rings. The van der Waals surface area contributed by atoms with Crippen LogP contribution in [0.3, 0.4) is 0 Å². The molecule has 174 valence electrons. The zero-order valence-electron chi connectivity index (χ0n) is 19.3. The molecule has 1 atom stereocenters. The van der Waals surface area contributed by atoms with Gasteiger partial charge in [0, 0.05) is 29.2 Å². The van der Waals surface area contributed by atoms with Crippen LogP contribution in [0.5, 0.6) is 0 Å². The summed E-state index contributed by atoms with van der Waals surface area (Å²) >= 11 is 3.00. The van der Waals surface area contributed by atoms with E-state index in [1.165, 1.54) is 28.4 Å². The maximum atomic E-state index is 9.53. The highest BCUT2D eigenvalue weighted by atomic mass is 32.1. The molecule has 0 N–H and O–H groups in total. The number of hydrogen-bond acceptors (Lipinski definition) is 9. The van der Waals surface area contributed by atoms with E-state index >= 15 is 0 Å². The average Bonchev–Trinajstić information content (AvgIpc) is 3.58. The monoisotopic (exact) mass is 498 g/mol. The Balaban J connectivity index is 1.30. The molecule has 9 heteroatoms. The van der Waals surface area contributed by atoms with Gasteiger partial charge in [-0.05, 0) is 62.4 Å². The molecule has 35 heavy (non-hydrogen) atoms. The van der Waals surface area contributed by atoms with Crippen LogP contribution in [-0.4, -0.2) is 30.0 Å². The maximum absolute atomic E-state index is 9.53. The Hall–Kier alpha value is -3.87. The summed E-state index contributed by atoms with van der Waals surface area (Å²) in [5.74, 6) is 0.987.